The van der Waals surface area contributed by atoms with Crippen LogP contribution in [0.2, 0.25) is 0 Å². The van der Waals surface area contributed by atoms with Crippen molar-refractivity contribution in [3.8, 4) is 23.0 Å². The summed E-state index contributed by atoms with van der Waals surface area (Å²) in [6.45, 7) is 8.91. The molecule has 4 heterocycles. The number of carbonyl (C=O) groups excluding carboxylic acids is 2. The van der Waals surface area contributed by atoms with Crippen LogP contribution in [0.5, 0.6) is 23.0 Å². The number of hydrogen-bond acceptors (Lipinski definition) is 12. The van der Waals surface area contributed by atoms with E-state index in [1.54, 1.807) is 44.7 Å². The second kappa shape index (κ2) is 23.7. The second-order valence-electron chi connectivity index (χ2n) is 15.5. The fourth-order valence-corrected chi connectivity index (χ4v) is 9.21. The summed E-state index contributed by atoms with van der Waals surface area (Å²) in [6, 6.07) is 22.3. The molecule has 0 saturated carbocycles. The zero-order chi connectivity index (χ0) is 45.6. The smallest absolute Gasteiger partial charge is 0.748 e. The third-order valence-electron chi connectivity index (χ3n) is 11.4. The Hall–Kier alpha value is -3.97. The quantitative estimate of drug-likeness (QED) is 0.125. The third kappa shape index (κ3) is 12.7. The first-order chi connectivity index (χ1) is 30.1. The summed E-state index contributed by atoms with van der Waals surface area (Å²) in [4.78, 5) is 30.0. The Morgan fingerprint density at radius 3 is 1.88 bits per heavy atom. The van der Waals surface area contributed by atoms with Crippen molar-refractivity contribution < 1.29 is 113 Å². The molecule has 0 aliphatic carbocycles. The van der Waals surface area contributed by atoms with E-state index in [0.717, 1.165) is 41.5 Å². The van der Waals surface area contributed by atoms with Gasteiger partial charge in [-0.2, -0.15) is 6.42 Å². The zero-order valence-electron chi connectivity index (χ0n) is 38.0. The van der Waals surface area contributed by atoms with Gasteiger partial charge in [-0.1, -0.05) is 60.5 Å². The van der Waals surface area contributed by atoms with Crippen LogP contribution in [0.15, 0.2) is 85.2 Å². The molecule has 334 valence electrons. The summed E-state index contributed by atoms with van der Waals surface area (Å²) in [6.07, 6.45) is 8.69. The van der Waals surface area contributed by atoms with E-state index < -0.39 is 32.0 Å². The minimum absolute atomic E-state index is 0. The molecule has 0 N–H and O–H groups in total. The number of benzene rings is 4. The van der Waals surface area contributed by atoms with Gasteiger partial charge in [-0.05, 0) is 116 Å². The summed E-state index contributed by atoms with van der Waals surface area (Å²) < 4.78 is 84.2. The first-order valence-electron chi connectivity index (χ1n) is 20.5. The summed E-state index contributed by atoms with van der Waals surface area (Å²) in [7, 11) is -4.58. The molecule has 0 aromatic heterocycles. The Bertz CT molecular complexity index is 2650. The van der Waals surface area contributed by atoms with Gasteiger partial charge < -0.3 is 39.7 Å². The van der Waals surface area contributed by atoms with Crippen molar-refractivity contribution in [2.45, 2.75) is 77.1 Å². The van der Waals surface area contributed by atoms with Crippen LogP contribution in [0.4, 0.5) is 0 Å². The fraction of sp³-hybridized carbons (Fsp3) is 0.340. The molecule has 3 atom stereocenters. The number of methoxy groups -OCH3 is 2. The van der Waals surface area contributed by atoms with Gasteiger partial charge in [-0.15, -0.1) is 12.6 Å². The number of hydrogen-bond donors (Lipinski definition) is 0. The van der Waals surface area contributed by atoms with Gasteiger partial charge in [-0.25, -0.2) is 8.42 Å². The molecule has 0 fully saturated rings. The molecule has 0 spiro atoms. The van der Waals surface area contributed by atoms with Crippen LogP contribution in [-0.2, 0) is 33.6 Å². The van der Waals surface area contributed by atoms with Crippen LogP contribution >= 0.6 is 0 Å². The zero-order valence-corrected chi connectivity index (χ0v) is 43.6. The molecule has 2 amide bonds. The molecule has 1 unspecified atom stereocenters. The van der Waals surface area contributed by atoms with Gasteiger partial charge in [0, 0.05) is 23.5 Å². The van der Waals surface area contributed by atoms with E-state index in [4.69, 9.17) is 31.6 Å². The Balaban J connectivity index is 0.000000257. The predicted molar refractivity (Wildman–Crippen MR) is 235 cm³/mol. The summed E-state index contributed by atoms with van der Waals surface area (Å²) >= 11 is 0. The predicted octanol–water partition coefficient (Wildman–Crippen LogP) is 0.940. The monoisotopic (exact) mass is 944 g/mol. The largest absolute Gasteiger partial charge is 1.00 e. The number of ether oxygens (including phenoxy) is 4. The molecule has 0 radical (unpaired) electrons. The number of carbonyl (C=O) groups is 2. The van der Waals surface area contributed by atoms with Crippen molar-refractivity contribution in [2.75, 3.05) is 27.4 Å². The molecule has 14 nitrogen and oxygen atoms in total. The molecule has 18 heteroatoms. The van der Waals surface area contributed by atoms with E-state index in [2.05, 4.69) is 44.5 Å². The second-order valence-corrected chi connectivity index (χ2v) is 17.5. The number of aryl methyl sites for hydroxylation is 2. The fourth-order valence-electron chi connectivity index (χ4n) is 8.22. The standard InChI is InChI=1S/C24H26NO3.C23H25NO6S.2Na.O3S/c1-4-11-28-23-13-18-9-10-20-12-19(17-7-5-16(2)6-8-17)15-25(20)24(26)21(18)14-22(23)27-3;1-4-30-21-11-16-12-22(31(26,27)28)20-10-17(15-5-7-18(29-3)8-6-15)13-24(20)23(25)19(16)9-14(21)2;;;1-4(2)3/h5-8,10,13-15,20H,4,9,11-12H2,1-3H3;5-9,11,13,20,22H,4,10,12H2,1-3H3,(H,26,27,28);;;/q-1;;2*+1;/p-1/t20-;20-,22?;;;/m10.../s1. The molecule has 0 saturated heterocycles. The van der Waals surface area contributed by atoms with Gasteiger partial charge in [0.15, 0.2) is 11.5 Å². The van der Waals surface area contributed by atoms with Crippen LogP contribution in [-0.4, -0.2) is 92.0 Å². The van der Waals surface area contributed by atoms with Gasteiger partial charge in [0.1, 0.15) is 11.5 Å². The van der Waals surface area contributed by atoms with Crippen molar-refractivity contribution in [3.05, 3.63) is 136 Å². The Morgan fingerprint density at radius 2 is 1.29 bits per heavy atom. The van der Waals surface area contributed by atoms with Crippen LogP contribution in [0.25, 0.3) is 11.1 Å². The van der Waals surface area contributed by atoms with E-state index >= 15 is 0 Å². The van der Waals surface area contributed by atoms with Crippen LogP contribution in [0.1, 0.15) is 87.2 Å². The maximum atomic E-state index is 13.4. The number of rotatable bonds is 10. The van der Waals surface area contributed by atoms with Crippen LogP contribution < -0.4 is 78.1 Å². The molecule has 0 bridgehead atoms. The molecular formula is C47H50N2Na2O12S2. The minimum atomic E-state index is -4.66. The first kappa shape index (κ1) is 53.6. The molecule has 4 aromatic rings. The summed E-state index contributed by atoms with van der Waals surface area (Å²) in [5, 5.41) is -1.25. The summed E-state index contributed by atoms with van der Waals surface area (Å²) in [5.74, 6) is 2.33. The molecule has 4 aromatic carbocycles. The van der Waals surface area contributed by atoms with Gasteiger partial charge in [0.25, 0.3) is 11.8 Å². The van der Waals surface area contributed by atoms with Crippen molar-refractivity contribution in [1.82, 2.24) is 9.80 Å². The Morgan fingerprint density at radius 1 is 0.723 bits per heavy atom. The third-order valence-corrected chi connectivity index (χ3v) is 12.6. The minimum Gasteiger partial charge on any atom is -0.748 e. The average Bonchev–Trinajstić information content (AvgIpc) is 3.84. The van der Waals surface area contributed by atoms with Gasteiger partial charge in [0.05, 0.1) is 48.8 Å². The molecule has 65 heavy (non-hydrogen) atoms. The van der Waals surface area contributed by atoms with Crippen LogP contribution in [0.3, 0.4) is 0 Å². The maximum absolute atomic E-state index is 13.4. The first-order valence-corrected chi connectivity index (χ1v) is 23.0. The average molecular weight is 945 g/mol. The van der Waals surface area contributed by atoms with Crippen LogP contribution in [0, 0.1) is 20.3 Å². The number of amides is 2. The van der Waals surface area contributed by atoms with E-state index in [1.165, 1.54) is 21.6 Å². The Labute approximate surface area is 426 Å². The van der Waals surface area contributed by atoms with Crippen molar-refractivity contribution in [3.63, 3.8) is 0 Å². The topological polar surface area (TPSA) is 186 Å². The number of nitrogens with zero attached hydrogens (tertiary/aromatic N) is 2. The Kier molecular flexibility index (Phi) is 19.5. The van der Waals surface area contributed by atoms with Crippen molar-refractivity contribution in [1.29, 1.82) is 0 Å². The number of fused-ring (bicyclic) bond motifs is 4. The van der Waals surface area contributed by atoms with Crippen molar-refractivity contribution in [2.24, 2.45) is 0 Å². The van der Waals surface area contributed by atoms with Gasteiger partial charge in [-0.3, -0.25) is 9.59 Å². The summed E-state index contributed by atoms with van der Waals surface area (Å²) in [5.41, 5.74) is 8.69. The van der Waals surface area contributed by atoms with Crippen molar-refractivity contribution >= 4 is 43.7 Å². The van der Waals surface area contributed by atoms with E-state index in [0.29, 0.717) is 52.9 Å². The van der Waals surface area contributed by atoms with Gasteiger partial charge in [0.2, 0.25) is 0 Å². The normalized spacial score (nSPS) is 18.0. The molecular weight excluding hydrogens is 895 g/mol. The van der Waals surface area contributed by atoms with E-state index in [1.807, 2.05) is 49.2 Å². The van der Waals surface area contributed by atoms with Gasteiger partial charge >= 0.3 is 69.7 Å². The van der Waals surface area contributed by atoms with E-state index in [9.17, 15) is 22.6 Å². The van der Waals surface area contributed by atoms with E-state index in [-0.39, 0.29) is 89.8 Å². The molecule has 4 aliphatic rings. The maximum Gasteiger partial charge on any atom is 1.00 e. The SMILES string of the molecule is CCCOc1cc2c(cc1OC)C(=O)N1C=C(c3ccc(C)cc3)C[C@H]1[CH-]C2.CCOc1cc2c(cc1C)C(=O)N1C=C(c3ccc(OC)cc3)C[C@H]1C(S(=O)(=O)[O-])C2.O=S(=O)=O.[Na+].[Na+]. The molecule has 4 aliphatic heterocycles. The molecule has 8 rings (SSSR count).